The van der Waals surface area contributed by atoms with Crippen LogP contribution in [0.4, 0.5) is 14.5 Å². The number of rotatable bonds is 1. The molecular formula is C7H4BrF2IN2O. The SMILES string of the molecule is NC(=O)c1c(N)c(F)c(Br)c(I)c1F. The second-order valence-electron chi connectivity index (χ2n) is 2.41. The third-order valence-electron chi connectivity index (χ3n) is 1.55. The molecule has 14 heavy (non-hydrogen) atoms. The largest absolute Gasteiger partial charge is 0.396 e. The fourth-order valence-corrected chi connectivity index (χ4v) is 1.78. The number of halogens is 4. The highest BCUT2D eigenvalue weighted by atomic mass is 127. The number of hydrogen-bond acceptors (Lipinski definition) is 2. The number of carbonyl (C=O) groups is 1. The maximum atomic E-state index is 13.4. The van der Waals surface area contributed by atoms with E-state index in [1.54, 1.807) is 22.6 Å². The van der Waals surface area contributed by atoms with Gasteiger partial charge in [-0.25, -0.2) is 8.78 Å². The zero-order valence-electron chi connectivity index (χ0n) is 6.57. The molecule has 1 rings (SSSR count). The van der Waals surface area contributed by atoms with Crippen molar-refractivity contribution >= 4 is 50.1 Å². The summed E-state index contributed by atoms with van der Waals surface area (Å²) in [6, 6.07) is 0. The van der Waals surface area contributed by atoms with Crippen LogP contribution in [0.3, 0.4) is 0 Å². The Morgan fingerprint density at radius 1 is 1.36 bits per heavy atom. The number of nitrogens with two attached hydrogens (primary N) is 2. The van der Waals surface area contributed by atoms with Gasteiger partial charge in [0.05, 0.1) is 13.7 Å². The fourth-order valence-electron chi connectivity index (χ4n) is 0.890. The number of primary amides is 1. The highest BCUT2D eigenvalue weighted by molar-refractivity contribution is 14.1. The van der Waals surface area contributed by atoms with E-state index in [1.165, 1.54) is 0 Å². The van der Waals surface area contributed by atoms with Gasteiger partial charge in [0.2, 0.25) is 0 Å². The van der Waals surface area contributed by atoms with Gasteiger partial charge in [-0.15, -0.1) is 0 Å². The van der Waals surface area contributed by atoms with Gasteiger partial charge in [0.15, 0.2) is 11.6 Å². The van der Waals surface area contributed by atoms with Crippen molar-refractivity contribution in [3.05, 3.63) is 25.2 Å². The number of anilines is 1. The Hall–Kier alpha value is -0.440. The zero-order chi connectivity index (χ0) is 11.0. The summed E-state index contributed by atoms with van der Waals surface area (Å²) in [7, 11) is 0. The summed E-state index contributed by atoms with van der Waals surface area (Å²) in [4.78, 5) is 10.8. The minimum absolute atomic E-state index is 0.0666. The molecule has 0 radical (unpaired) electrons. The van der Waals surface area contributed by atoms with Gasteiger partial charge in [-0.3, -0.25) is 4.79 Å². The van der Waals surface area contributed by atoms with Gasteiger partial charge < -0.3 is 11.5 Å². The van der Waals surface area contributed by atoms with E-state index in [0.29, 0.717) is 0 Å². The number of hydrogen-bond donors (Lipinski definition) is 2. The van der Waals surface area contributed by atoms with Crippen molar-refractivity contribution in [2.24, 2.45) is 5.73 Å². The van der Waals surface area contributed by atoms with E-state index >= 15 is 0 Å². The van der Waals surface area contributed by atoms with Crippen molar-refractivity contribution in [1.29, 1.82) is 0 Å². The summed E-state index contributed by atoms with van der Waals surface area (Å²) in [5, 5.41) is 0. The number of benzene rings is 1. The standard InChI is InChI=1S/C7H4BrF2IN2O/c8-2-4(10)6(12)1(7(13)14)3(9)5(2)11/h12H2,(H2,13,14). The van der Waals surface area contributed by atoms with Crippen molar-refractivity contribution in [3.8, 4) is 0 Å². The van der Waals surface area contributed by atoms with Gasteiger partial charge >= 0.3 is 0 Å². The summed E-state index contributed by atoms with van der Waals surface area (Å²) in [6.45, 7) is 0. The molecule has 3 nitrogen and oxygen atoms in total. The molecule has 0 unspecified atom stereocenters. The van der Waals surface area contributed by atoms with Crippen LogP contribution in [0.1, 0.15) is 10.4 Å². The van der Waals surface area contributed by atoms with Crippen LogP contribution in [0, 0.1) is 15.2 Å². The first-order chi connectivity index (χ1) is 6.37. The molecule has 0 bridgehead atoms. The van der Waals surface area contributed by atoms with Gasteiger partial charge in [0.25, 0.3) is 5.91 Å². The Morgan fingerprint density at radius 3 is 2.29 bits per heavy atom. The van der Waals surface area contributed by atoms with E-state index in [2.05, 4.69) is 15.9 Å². The first kappa shape index (κ1) is 11.6. The van der Waals surface area contributed by atoms with Crippen LogP contribution in [0.2, 0.25) is 0 Å². The van der Waals surface area contributed by atoms with E-state index in [-0.39, 0.29) is 8.04 Å². The fraction of sp³-hybridized carbons (Fsp3) is 0. The molecule has 0 heterocycles. The Bertz CT molecular complexity index is 396. The van der Waals surface area contributed by atoms with E-state index in [9.17, 15) is 13.6 Å². The molecule has 1 aromatic carbocycles. The van der Waals surface area contributed by atoms with Crippen molar-refractivity contribution in [3.63, 3.8) is 0 Å². The molecule has 7 heteroatoms. The van der Waals surface area contributed by atoms with E-state index < -0.39 is 28.8 Å². The summed E-state index contributed by atoms with van der Waals surface area (Å²) in [6.07, 6.45) is 0. The molecular weight excluding hydrogens is 373 g/mol. The Labute approximate surface area is 100 Å². The third kappa shape index (κ3) is 1.70. The first-order valence-electron chi connectivity index (χ1n) is 3.29. The molecule has 1 amide bonds. The Kier molecular flexibility index (Phi) is 3.30. The van der Waals surface area contributed by atoms with E-state index in [1.807, 2.05) is 0 Å². The lowest BCUT2D eigenvalue weighted by atomic mass is 10.1. The lowest BCUT2D eigenvalue weighted by molar-refractivity contribution is 0.0997. The average Bonchev–Trinajstić information content (AvgIpc) is 2.11. The number of amides is 1. The molecule has 76 valence electrons. The Balaban J connectivity index is 3.68. The van der Waals surface area contributed by atoms with Crippen LogP contribution in [-0.2, 0) is 0 Å². The highest BCUT2D eigenvalue weighted by Gasteiger charge is 2.23. The van der Waals surface area contributed by atoms with Crippen LogP contribution in [-0.4, -0.2) is 5.91 Å². The molecule has 0 aliphatic heterocycles. The van der Waals surface area contributed by atoms with Crippen LogP contribution < -0.4 is 11.5 Å². The molecule has 1 aromatic rings. The topological polar surface area (TPSA) is 69.1 Å². The number of carbonyl (C=O) groups excluding carboxylic acids is 1. The predicted molar refractivity (Wildman–Crippen MR) is 59.7 cm³/mol. The average molecular weight is 377 g/mol. The molecule has 0 aliphatic rings. The van der Waals surface area contributed by atoms with Gasteiger partial charge in [-0.05, 0) is 38.5 Å². The normalized spacial score (nSPS) is 10.3. The molecule has 0 fully saturated rings. The van der Waals surface area contributed by atoms with E-state index in [0.717, 1.165) is 0 Å². The molecule has 0 saturated carbocycles. The maximum absolute atomic E-state index is 13.4. The Morgan fingerprint density at radius 2 is 1.86 bits per heavy atom. The van der Waals surface area contributed by atoms with Gasteiger partial charge in [0, 0.05) is 0 Å². The smallest absolute Gasteiger partial charge is 0.253 e. The molecule has 0 aliphatic carbocycles. The first-order valence-corrected chi connectivity index (χ1v) is 5.16. The highest BCUT2D eigenvalue weighted by Crippen LogP contribution is 2.32. The second-order valence-corrected chi connectivity index (χ2v) is 4.28. The summed E-state index contributed by atoms with van der Waals surface area (Å²) in [5.41, 5.74) is 8.87. The van der Waals surface area contributed by atoms with Gasteiger partial charge in [0.1, 0.15) is 5.56 Å². The van der Waals surface area contributed by atoms with Crippen molar-refractivity contribution in [2.75, 3.05) is 5.73 Å². The van der Waals surface area contributed by atoms with Gasteiger partial charge in [-0.2, -0.15) is 0 Å². The lowest BCUT2D eigenvalue weighted by Gasteiger charge is -2.08. The quantitative estimate of drug-likeness (QED) is 0.341. The van der Waals surface area contributed by atoms with E-state index in [4.69, 9.17) is 11.5 Å². The lowest BCUT2D eigenvalue weighted by Crippen LogP contribution is -2.18. The van der Waals surface area contributed by atoms with Crippen molar-refractivity contribution in [1.82, 2.24) is 0 Å². The minimum atomic E-state index is -1.09. The summed E-state index contributed by atoms with van der Waals surface area (Å²) >= 11 is 4.35. The minimum Gasteiger partial charge on any atom is -0.396 e. The van der Waals surface area contributed by atoms with Crippen LogP contribution in [0.15, 0.2) is 4.47 Å². The monoisotopic (exact) mass is 376 g/mol. The summed E-state index contributed by atoms with van der Waals surface area (Å²) < 4.78 is 26.4. The summed E-state index contributed by atoms with van der Waals surface area (Å²) in [5.74, 6) is -2.89. The molecule has 0 saturated heterocycles. The molecule has 0 atom stereocenters. The molecule has 0 spiro atoms. The maximum Gasteiger partial charge on any atom is 0.253 e. The van der Waals surface area contributed by atoms with Gasteiger partial charge in [-0.1, -0.05) is 0 Å². The predicted octanol–water partition coefficient (Wildman–Crippen LogP) is 2.01. The second kappa shape index (κ2) is 3.97. The van der Waals surface area contributed by atoms with Crippen LogP contribution in [0.25, 0.3) is 0 Å². The van der Waals surface area contributed by atoms with Crippen LogP contribution in [0.5, 0.6) is 0 Å². The van der Waals surface area contributed by atoms with Crippen molar-refractivity contribution < 1.29 is 13.6 Å². The molecule has 4 N–H and O–H groups in total. The molecule has 0 aromatic heterocycles. The number of nitrogen functional groups attached to an aromatic ring is 1. The van der Waals surface area contributed by atoms with Crippen LogP contribution >= 0.6 is 38.5 Å². The third-order valence-corrected chi connectivity index (χ3v) is 4.05. The zero-order valence-corrected chi connectivity index (χ0v) is 10.3. The van der Waals surface area contributed by atoms with Crippen molar-refractivity contribution in [2.45, 2.75) is 0 Å².